The number of thioether (sulfide) groups is 1. The number of nitrogens with one attached hydrogen (secondary N) is 1. The van der Waals surface area contributed by atoms with E-state index in [1.54, 1.807) is 12.1 Å². The molecule has 0 aliphatic carbocycles. The van der Waals surface area contributed by atoms with Gasteiger partial charge in [-0.25, -0.2) is 0 Å². The van der Waals surface area contributed by atoms with E-state index in [1.807, 2.05) is 17.8 Å². The van der Waals surface area contributed by atoms with E-state index in [4.69, 9.17) is 17.3 Å². The van der Waals surface area contributed by atoms with Crippen LogP contribution < -0.4 is 11.1 Å². The maximum atomic E-state index is 11.1. The summed E-state index contributed by atoms with van der Waals surface area (Å²) < 4.78 is 0. The molecule has 0 aliphatic rings. The zero-order valence-electron chi connectivity index (χ0n) is 9.13. The highest BCUT2D eigenvalue weighted by molar-refractivity contribution is 7.98. The van der Waals surface area contributed by atoms with Gasteiger partial charge in [0.05, 0.1) is 10.6 Å². The second-order valence-electron chi connectivity index (χ2n) is 3.33. The second-order valence-corrected chi connectivity index (χ2v) is 4.72. The van der Waals surface area contributed by atoms with Gasteiger partial charge in [-0.3, -0.25) is 4.79 Å². The molecule has 0 bridgehead atoms. The number of halogens is 1. The molecule has 0 spiro atoms. The molecule has 16 heavy (non-hydrogen) atoms. The van der Waals surface area contributed by atoms with Crippen LogP contribution in [0.25, 0.3) is 0 Å². The molecule has 0 aromatic heterocycles. The van der Waals surface area contributed by atoms with Crippen LogP contribution in [-0.2, 0) is 0 Å². The first-order chi connectivity index (χ1) is 7.65. The first-order valence-corrected chi connectivity index (χ1v) is 6.74. The fourth-order valence-corrected chi connectivity index (χ4v) is 1.92. The van der Waals surface area contributed by atoms with Gasteiger partial charge >= 0.3 is 0 Å². The number of rotatable bonds is 6. The van der Waals surface area contributed by atoms with Crippen molar-refractivity contribution < 1.29 is 4.79 Å². The zero-order chi connectivity index (χ0) is 12.0. The molecular formula is C11H15ClN2OS. The van der Waals surface area contributed by atoms with E-state index >= 15 is 0 Å². The van der Waals surface area contributed by atoms with Crippen molar-refractivity contribution in [1.82, 2.24) is 0 Å². The first kappa shape index (κ1) is 13.2. The summed E-state index contributed by atoms with van der Waals surface area (Å²) in [5.41, 5.74) is 6.44. The van der Waals surface area contributed by atoms with Crippen LogP contribution in [-0.4, -0.2) is 24.5 Å². The molecule has 1 amide bonds. The topological polar surface area (TPSA) is 55.1 Å². The van der Waals surface area contributed by atoms with Crippen LogP contribution in [0.15, 0.2) is 18.2 Å². The lowest BCUT2D eigenvalue weighted by Gasteiger charge is -2.07. The molecule has 1 aromatic carbocycles. The van der Waals surface area contributed by atoms with Gasteiger partial charge in [0.1, 0.15) is 0 Å². The maximum Gasteiger partial charge on any atom is 0.250 e. The summed E-state index contributed by atoms with van der Waals surface area (Å²) in [6, 6.07) is 5.20. The molecule has 0 atom stereocenters. The number of amides is 1. The van der Waals surface area contributed by atoms with E-state index in [-0.39, 0.29) is 0 Å². The highest BCUT2D eigenvalue weighted by Crippen LogP contribution is 2.20. The maximum absolute atomic E-state index is 11.1. The van der Waals surface area contributed by atoms with Crippen LogP contribution in [0.1, 0.15) is 16.8 Å². The van der Waals surface area contributed by atoms with Crippen molar-refractivity contribution in [3.05, 3.63) is 28.8 Å². The van der Waals surface area contributed by atoms with Crippen molar-refractivity contribution >= 4 is 35.0 Å². The standard InChI is InChI=1S/C11H15ClN2OS/c1-16-6-2-5-14-8-3-4-10(12)9(7-8)11(13)15/h3-4,7,14H,2,5-6H2,1H3,(H2,13,15). The summed E-state index contributed by atoms with van der Waals surface area (Å²) in [5.74, 6) is 0.612. The zero-order valence-corrected chi connectivity index (χ0v) is 10.7. The van der Waals surface area contributed by atoms with Gasteiger partial charge in [0.15, 0.2) is 0 Å². The SMILES string of the molecule is CSCCCNc1ccc(Cl)c(C(N)=O)c1. The second kappa shape index (κ2) is 6.66. The normalized spacial score (nSPS) is 10.1. The molecule has 0 fully saturated rings. The van der Waals surface area contributed by atoms with Crippen LogP contribution >= 0.6 is 23.4 Å². The van der Waals surface area contributed by atoms with Crippen LogP contribution in [0.5, 0.6) is 0 Å². The Hall–Kier alpha value is -0.870. The molecular weight excluding hydrogens is 244 g/mol. The minimum atomic E-state index is -0.502. The van der Waals surface area contributed by atoms with Gasteiger partial charge in [0.25, 0.3) is 0 Å². The Labute approximate surface area is 105 Å². The van der Waals surface area contributed by atoms with Crippen LogP contribution in [0.4, 0.5) is 5.69 Å². The summed E-state index contributed by atoms with van der Waals surface area (Å²) in [4.78, 5) is 11.1. The molecule has 0 heterocycles. The summed E-state index contributed by atoms with van der Waals surface area (Å²) in [6.45, 7) is 0.876. The van der Waals surface area contributed by atoms with E-state index in [0.29, 0.717) is 10.6 Å². The van der Waals surface area contributed by atoms with Gasteiger partial charge in [0.2, 0.25) is 5.91 Å². The fourth-order valence-electron chi connectivity index (χ4n) is 1.27. The van der Waals surface area contributed by atoms with Gasteiger partial charge < -0.3 is 11.1 Å². The number of anilines is 1. The lowest BCUT2D eigenvalue weighted by Crippen LogP contribution is -2.12. The third-order valence-electron chi connectivity index (χ3n) is 2.09. The summed E-state index contributed by atoms with van der Waals surface area (Å²) >= 11 is 7.66. The molecule has 1 rings (SSSR count). The predicted octanol–water partition coefficient (Wildman–Crippen LogP) is 2.60. The van der Waals surface area contributed by atoms with Gasteiger partial charge in [-0.2, -0.15) is 11.8 Å². The molecule has 0 unspecified atom stereocenters. The van der Waals surface area contributed by atoms with Crippen LogP contribution in [0.2, 0.25) is 5.02 Å². The van der Waals surface area contributed by atoms with Crippen molar-refractivity contribution in [3.63, 3.8) is 0 Å². The minimum absolute atomic E-state index is 0.358. The number of carbonyl (C=O) groups is 1. The van der Waals surface area contributed by atoms with Crippen LogP contribution in [0.3, 0.4) is 0 Å². The predicted molar refractivity (Wildman–Crippen MR) is 71.5 cm³/mol. The molecule has 0 aliphatic heterocycles. The fraction of sp³-hybridized carbons (Fsp3) is 0.364. The summed E-state index contributed by atoms with van der Waals surface area (Å²) in [7, 11) is 0. The monoisotopic (exact) mass is 258 g/mol. The Kier molecular flexibility index (Phi) is 5.49. The number of hydrogen-bond acceptors (Lipinski definition) is 3. The van der Waals surface area contributed by atoms with Gasteiger partial charge in [-0.15, -0.1) is 0 Å². The van der Waals surface area contributed by atoms with Gasteiger partial charge in [-0.05, 0) is 36.6 Å². The number of nitrogens with two attached hydrogens (primary N) is 1. The molecule has 88 valence electrons. The van der Waals surface area contributed by atoms with E-state index in [2.05, 4.69) is 11.6 Å². The lowest BCUT2D eigenvalue weighted by molar-refractivity contribution is 0.100. The highest BCUT2D eigenvalue weighted by atomic mass is 35.5. The number of primary amides is 1. The quantitative estimate of drug-likeness (QED) is 0.772. The summed E-state index contributed by atoms with van der Waals surface area (Å²) in [5, 5.41) is 3.61. The smallest absolute Gasteiger partial charge is 0.250 e. The lowest BCUT2D eigenvalue weighted by atomic mass is 10.2. The number of hydrogen-bond donors (Lipinski definition) is 2. The Morgan fingerprint density at radius 1 is 1.56 bits per heavy atom. The third kappa shape index (κ3) is 3.94. The van der Waals surface area contributed by atoms with Crippen molar-refractivity contribution in [2.75, 3.05) is 23.9 Å². The van der Waals surface area contributed by atoms with Gasteiger partial charge in [0, 0.05) is 12.2 Å². The average Bonchev–Trinajstić information content (AvgIpc) is 2.26. The Bertz CT molecular complexity index is 371. The third-order valence-corrected chi connectivity index (χ3v) is 3.11. The largest absolute Gasteiger partial charge is 0.385 e. The Morgan fingerprint density at radius 2 is 2.31 bits per heavy atom. The van der Waals surface area contributed by atoms with E-state index in [9.17, 15) is 4.79 Å². The van der Waals surface area contributed by atoms with Crippen LogP contribution in [0, 0.1) is 0 Å². The molecule has 3 N–H and O–H groups in total. The Morgan fingerprint density at radius 3 is 2.94 bits per heavy atom. The van der Waals surface area contributed by atoms with Crippen molar-refractivity contribution in [2.24, 2.45) is 5.73 Å². The molecule has 3 nitrogen and oxygen atoms in total. The van der Waals surface area contributed by atoms with Crippen molar-refractivity contribution in [1.29, 1.82) is 0 Å². The molecule has 5 heteroatoms. The highest BCUT2D eigenvalue weighted by Gasteiger charge is 2.06. The van der Waals surface area contributed by atoms with E-state index in [1.165, 1.54) is 0 Å². The van der Waals surface area contributed by atoms with Gasteiger partial charge in [-0.1, -0.05) is 11.6 Å². The van der Waals surface area contributed by atoms with E-state index in [0.717, 1.165) is 24.4 Å². The molecule has 1 aromatic rings. The first-order valence-electron chi connectivity index (χ1n) is 4.97. The van der Waals surface area contributed by atoms with E-state index < -0.39 is 5.91 Å². The van der Waals surface area contributed by atoms with Crippen molar-refractivity contribution in [2.45, 2.75) is 6.42 Å². The van der Waals surface area contributed by atoms with Crippen molar-refractivity contribution in [3.8, 4) is 0 Å². The molecule has 0 radical (unpaired) electrons. The minimum Gasteiger partial charge on any atom is -0.385 e. The number of carbonyl (C=O) groups excluding carboxylic acids is 1. The Balaban J connectivity index is 2.61. The molecule has 0 saturated carbocycles. The number of benzene rings is 1. The average molecular weight is 259 g/mol. The summed E-state index contributed by atoms with van der Waals surface area (Å²) in [6.07, 6.45) is 3.16. The molecule has 0 saturated heterocycles.